The lowest BCUT2D eigenvalue weighted by Gasteiger charge is -2.19. The lowest BCUT2D eigenvalue weighted by Crippen LogP contribution is -2.28. The van der Waals surface area contributed by atoms with Gasteiger partial charge >= 0.3 is 0 Å². The van der Waals surface area contributed by atoms with Crippen molar-refractivity contribution in [3.63, 3.8) is 0 Å². The minimum absolute atomic E-state index is 0.0915. The van der Waals surface area contributed by atoms with Crippen molar-refractivity contribution >= 4 is 32.0 Å². The quantitative estimate of drug-likeness (QED) is 0.548. The molecule has 2 aromatic rings. The molecule has 0 aliphatic carbocycles. The Balaban J connectivity index is 2.00. The fourth-order valence-corrected chi connectivity index (χ4v) is 3.78. The molecule has 2 atom stereocenters. The zero-order valence-electron chi connectivity index (χ0n) is 15.1. The molecule has 2 N–H and O–H groups in total. The number of hydrogen-bond acceptors (Lipinski definition) is 3. The molecule has 146 valence electrons. The van der Waals surface area contributed by atoms with Gasteiger partial charge in [0.1, 0.15) is 0 Å². The number of carbonyl (C=O) groups is 1. The molecule has 5 nitrogen and oxygen atoms in total. The third-order valence-electron chi connectivity index (χ3n) is 4.41. The number of amides is 1. The summed E-state index contributed by atoms with van der Waals surface area (Å²) in [7, 11) is -3.99. The number of benzene rings is 2. The summed E-state index contributed by atoms with van der Waals surface area (Å²) in [6.45, 7) is 1.93. The number of hydrogen-bond donors (Lipinski definition) is 2. The van der Waals surface area contributed by atoms with Gasteiger partial charge in [-0.15, -0.1) is 0 Å². The number of halogens is 1. The molecule has 0 saturated heterocycles. The van der Waals surface area contributed by atoms with Crippen LogP contribution in [0.2, 0.25) is 0 Å². The van der Waals surface area contributed by atoms with Gasteiger partial charge in [-0.05, 0) is 48.9 Å². The van der Waals surface area contributed by atoms with E-state index in [2.05, 4.69) is 21.2 Å². The fraction of sp³-hybridized carbons (Fsp3) is 0.350. The Morgan fingerprint density at radius 1 is 1.07 bits per heavy atom. The maximum absolute atomic E-state index is 12.5. The van der Waals surface area contributed by atoms with Crippen LogP contribution in [0.1, 0.15) is 49.3 Å². The normalized spacial score (nSPS) is 13.7. The molecule has 0 aliphatic heterocycles. The molecular weight excluding hydrogens is 430 g/mol. The first-order valence-corrected chi connectivity index (χ1v) is 11.2. The maximum atomic E-state index is 12.5. The van der Waals surface area contributed by atoms with E-state index in [1.807, 2.05) is 61.5 Å². The predicted octanol–water partition coefficient (Wildman–Crippen LogP) is 4.47. The van der Waals surface area contributed by atoms with Crippen LogP contribution in [0, 0.1) is 0 Å². The molecular formula is C20H24BrNO4S. The Labute approximate surface area is 169 Å². The number of carbonyl (C=O) groups excluding carboxylic acids is 1. The predicted molar refractivity (Wildman–Crippen MR) is 110 cm³/mol. The van der Waals surface area contributed by atoms with Gasteiger partial charge in [0.2, 0.25) is 5.91 Å². The highest BCUT2D eigenvalue weighted by Gasteiger charge is 2.19. The molecule has 2 aromatic carbocycles. The lowest BCUT2D eigenvalue weighted by molar-refractivity contribution is -0.122. The molecule has 0 heterocycles. The SMILES string of the molecule is C[C@H](NC(=O)CC(CCCS(=O)(=O)O)c1ccccc1)c1ccc(Br)cc1. The first-order chi connectivity index (χ1) is 12.7. The smallest absolute Gasteiger partial charge is 0.264 e. The average Bonchev–Trinajstić information content (AvgIpc) is 2.61. The number of rotatable bonds is 9. The van der Waals surface area contributed by atoms with Gasteiger partial charge in [-0.3, -0.25) is 9.35 Å². The van der Waals surface area contributed by atoms with Crippen LogP contribution in [0.3, 0.4) is 0 Å². The van der Waals surface area contributed by atoms with Gasteiger partial charge in [0.05, 0.1) is 11.8 Å². The minimum atomic E-state index is -3.99. The second kappa shape index (κ2) is 10.0. The van der Waals surface area contributed by atoms with Crippen molar-refractivity contribution in [2.75, 3.05) is 5.75 Å². The van der Waals surface area contributed by atoms with Gasteiger partial charge in [-0.1, -0.05) is 58.4 Å². The van der Waals surface area contributed by atoms with Crippen LogP contribution >= 0.6 is 15.9 Å². The van der Waals surface area contributed by atoms with Crippen LogP contribution < -0.4 is 5.32 Å². The first-order valence-electron chi connectivity index (χ1n) is 8.79. The van der Waals surface area contributed by atoms with E-state index in [-0.39, 0.29) is 30.0 Å². The summed E-state index contributed by atoms with van der Waals surface area (Å²) >= 11 is 3.39. The molecule has 1 unspecified atom stereocenters. The van der Waals surface area contributed by atoms with Gasteiger partial charge in [0.15, 0.2) is 0 Å². The molecule has 0 bridgehead atoms. The topological polar surface area (TPSA) is 83.5 Å². The Morgan fingerprint density at radius 2 is 1.70 bits per heavy atom. The molecule has 0 fully saturated rings. The first kappa shape index (κ1) is 21.6. The van der Waals surface area contributed by atoms with E-state index in [1.54, 1.807) is 0 Å². The lowest BCUT2D eigenvalue weighted by atomic mass is 9.91. The molecule has 0 aromatic heterocycles. The molecule has 2 rings (SSSR count). The van der Waals surface area contributed by atoms with E-state index in [0.717, 1.165) is 15.6 Å². The van der Waals surface area contributed by atoms with E-state index in [1.165, 1.54) is 0 Å². The molecule has 27 heavy (non-hydrogen) atoms. The molecule has 0 spiro atoms. The third kappa shape index (κ3) is 7.82. The summed E-state index contributed by atoms with van der Waals surface area (Å²) < 4.78 is 31.9. The molecule has 0 radical (unpaired) electrons. The molecule has 0 aliphatic rings. The van der Waals surface area contributed by atoms with Crippen LogP contribution in [-0.4, -0.2) is 24.6 Å². The molecule has 0 saturated carbocycles. The monoisotopic (exact) mass is 453 g/mol. The van der Waals surface area contributed by atoms with Crippen LogP contribution in [0.15, 0.2) is 59.1 Å². The van der Waals surface area contributed by atoms with E-state index in [0.29, 0.717) is 12.8 Å². The highest BCUT2D eigenvalue weighted by molar-refractivity contribution is 9.10. The number of nitrogens with one attached hydrogen (secondary N) is 1. The zero-order valence-corrected chi connectivity index (χ0v) is 17.5. The van der Waals surface area contributed by atoms with Crippen molar-refractivity contribution in [1.29, 1.82) is 0 Å². The van der Waals surface area contributed by atoms with Gasteiger partial charge in [-0.2, -0.15) is 8.42 Å². The van der Waals surface area contributed by atoms with E-state index in [9.17, 15) is 13.2 Å². The highest BCUT2D eigenvalue weighted by Crippen LogP contribution is 2.26. The Morgan fingerprint density at radius 3 is 2.30 bits per heavy atom. The average molecular weight is 454 g/mol. The fourth-order valence-electron chi connectivity index (χ4n) is 2.98. The molecule has 7 heteroatoms. The summed E-state index contributed by atoms with van der Waals surface area (Å²) in [5.41, 5.74) is 1.99. The summed E-state index contributed by atoms with van der Waals surface area (Å²) in [4.78, 5) is 12.5. The van der Waals surface area contributed by atoms with Gasteiger partial charge in [-0.25, -0.2) is 0 Å². The second-order valence-corrected chi connectivity index (χ2v) is 9.07. The summed E-state index contributed by atoms with van der Waals surface area (Å²) in [5, 5.41) is 3.00. The summed E-state index contributed by atoms with van der Waals surface area (Å²) in [5.74, 6) is -0.496. The van der Waals surface area contributed by atoms with Gasteiger partial charge < -0.3 is 5.32 Å². The van der Waals surface area contributed by atoms with E-state index < -0.39 is 10.1 Å². The highest BCUT2D eigenvalue weighted by atomic mass is 79.9. The van der Waals surface area contributed by atoms with Gasteiger partial charge in [0.25, 0.3) is 10.1 Å². The van der Waals surface area contributed by atoms with E-state index in [4.69, 9.17) is 4.55 Å². The van der Waals surface area contributed by atoms with Gasteiger partial charge in [0, 0.05) is 10.9 Å². The molecule has 1 amide bonds. The van der Waals surface area contributed by atoms with Crippen molar-refractivity contribution in [3.05, 3.63) is 70.2 Å². The van der Waals surface area contributed by atoms with Crippen LogP contribution in [0.4, 0.5) is 0 Å². The second-order valence-electron chi connectivity index (χ2n) is 6.58. The van der Waals surface area contributed by atoms with Crippen molar-refractivity contribution in [3.8, 4) is 0 Å². The summed E-state index contributed by atoms with van der Waals surface area (Å²) in [6.07, 6.45) is 1.06. The third-order valence-corrected chi connectivity index (χ3v) is 5.74. The maximum Gasteiger partial charge on any atom is 0.264 e. The minimum Gasteiger partial charge on any atom is -0.350 e. The van der Waals surface area contributed by atoms with Crippen molar-refractivity contribution in [1.82, 2.24) is 5.32 Å². The Kier molecular flexibility index (Phi) is 8.01. The van der Waals surface area contributed by atoms with Crippen molar-refractivity contribution in [2.24, 2.45) is 0 Å². The largest absolute Gasteiger partial charge is 0.350 e. The van der Waals surface area contributed by atoms with E-state index >= 15 is 0 Å². The van der Waals surface area contributed by atoms with Crippen LogP contribution in [0.25, 0.3) is 0 Å². The Hall–Kier alpha value is -1.70. The van der Waals surface area contributed by atoms with Crippen molar-refractivity contribution < 1.29 is 17.8 Å². The Bertz CT molecular complexity index is 838. The van der Waals surface area contributed by atoms with Crippen LogP contribution in [0.5, 0.6) is 0 Å². The van der Waals surface area contributed by atoms with Crippen molar-refractivity contribution in [2.45, 2.75) is 38.1 Å². The zero-order chi connectivity index (χ0) is 19.9. The summed E-state index contributed by atoms with van der Waals surface area (Å²) in [6, 6.07) is 17.2. The standard InChI is InChI=1S/C20H24BrNO4S/c1-15(16-9-11-19(21)12-10-16)22-20(23)14-18(8-5-13-27(24,25)26)17-6-3-2-4-7-17/h2-4,6-7,9-12,15,18H,5,8,13-14H2,1H3,(H,22,23)(H,24,25,26)/t15-,18?/m0/s1. The van der Waals surface area contributed by atoms with Crippen LogP contribution in [-0.2, 0) is 14.9 Å².